The highest BCUT2D eigenvalue weighted by molar-refractivity contribution is 7.33. The maximum atomic E-state index is 9.35. The third kappa shape index (κ3) is 4.15. The smallest absolute Gasteiger partial charge is 0.136 e. The molecule has 3 aromatic rings. The van der Waals surface area contributed by atoms with Gasteiger partial charge >= 0.3 is 0 Å². The Hall–Kier alpha value is -3.00. The number of nitrogens with zero attached hydrogens (tertiary/aromatic N) is 6. The fraction of sp³-hybridized carbons (Fsp3) is 0.407. The Kier molecular flexibility index (Phi) is 6.50. The van der Waals surface area contributed by atoms with E-state index in [4.69, 9.17) is 9.97 Å². The van der Waals surface area contributed by atoms with Gasteiger partial charge in [-0.3, -0.25) is 4.67 Å². The van der Waals surface area contributed by atoms with Gasteiger partial charge in [-0.2, -0.15) is 5.26 Å². The number of piperazine rings is 1. The SMILES string of the molecule is C=PN1CCN(c2nc(CC)nc3c2CCN(c2cccc4cccc(C)c24)C3)CC1CC#N. The number of benzene rings is 2. The summed E-state index contributed by atoms with van der Waals surface area (Å²) in [6.45, 7) is 8.68. The van der Waals surface area contributed by atoms with Gasteiger partial charge in [0.2, 0.25) is 0 Å². The van der Waals surface area contributed by atoms with E-state index in [-0.39, 0.29) is 6.04 Å². The maximum absolute atomic E-state index is 9.35. The Balaban J connectivity index is 1.50. The van der Waals surface area contributed by atoms with Crippen LogP contribution in [-0.4, -0.2) is 53.2 Å². The first kappa shape index (κ1) is 22.8. The normalized spacial score (nSPS) is 18.8. The van der Waals surface area contributed by atoms with Gasteiger partial charge in [-0.05, 0) is 38.7 Å². The topological polar surface area (TPSA) is 59.3 Å². The third-order valence-corrected chi connectivity index (χ3v) is 7.99. The van der Waals surface area contributed by atoms with Gasteiger partial charge in [0.15, 0.2) is 0 Å². The first-order valence-corrected chi connectivity index (χ1v) is 13.1. The lowest BCUT2D eigenvalue weighted by Gasteiger charge is -2.41. The quantitative estimate of drug-likeness (QED) is 0.501. The van der Waals surface area contributed by atoms with Crippen molar-refractivity contribution in [3.63, 3.8) is 0 Å². The highest BCUT2D eigenvalue weighted by Gasteiger charge is 2.31. The van der Waals surface area contributed by atoms with Gasteiger partial charge in [0.25, 0.3) is 0 Å². The molecule has 174 valence electrons. The zero-order valence-electron chi connectivity index (χ0n) is 20.0. The average molecular weight is 471 g/mol. The van der Waals surface area contributed by atoms with E-state index in [1.165, 1.54) is 27.6 Å². The van der Waals surface area contributed by atoms with Crippen molar-refractivity contribution in [2.45, 2.75) is 45.7 Å². The van der Waals surface area contributed by atoms with E-state index in [0.29, 0.717) is 6.42 Å². The molecule has 0 N–H and O–H groups in total. The Labute approximate surface area is 203 Å². The van der Waals surface area contributed by atoms with Crippen LogP contribution >= 0.6 is 8.35 Å². The van der Waals surface area contributed by atoms with Gasteiger partial charge in [0.05, 0.1) is 24.7 Å². The van der Waals surface area contributed by atoms with E-state index in [2.05, 4.69) is 77.1 Å². The summed E-state index contributed by atoms with van der Waals surface area (Å²) in [5.41, 5.74) is 5.02. The van der Waals surface area contributed by atoms with E-state index in [0.717, 1.165) is 71.3 Å². The van der Waals surface area contributed by atoms with Gasteiger partial charge in [-0.1, -0.05) is 43.6 Å². The number of anilines is 2. The van der Waals surface area contributed by atoms with E-state index in [9.17, 15) is 5.26 Å². The summed E-state index contributed by atoms with van der Waals surface area (Å²) in [4.78, 5) is 14.9. The molecule has 0 bridgehead atoms. The molecule has 3 heterocycles. The van der Waals surface area contributed by atoms with Gasteiger partial charge < -0.3 is 9.80 Å². The predicted octanol–water partition coefficient (Wildman–Crippen LogP) is 4.76. The molecule has 1 unspecified atom stereocenters. The van der Waals surface area contributed by atoms with E-state index >= 15 is 0 Å². The van der Waals surface area contributed by atoms with Gasteiger partial charge in [-0.15, -0.1) is 0 Å². The van der Waals surface area contributed by atoms with Crippen LogP contribution < -0.4 is 9.80 Å². The Morgan fingerprint density at radius 3 is 2.71 bits per heavy atom. The van der Waals surface area contributed by atoms with Crippen LogP contribution in [0.4, 0.5) is 11.5 Å². The molecule has 0 aliphatic carbocycles. The minimum Gasteiger partial charge on any atom is -0.365 e. The summed E-state index contributed by atoms with van der Waals surface area (Å²) in [6, 6.07) is 15.7. The summed E-state index contributed by atoms with van der Waals surface area (Å²) in [5, 5.41) is 12.0. The number of hydrogen-bond acceptors (Lipinski definition) is 6. The first-order valence-electron chi connectivity index (χ1n) is 12.1. The lowest BCUT2D eigenvalue weighted by Crippen LogP contribution is -2.50. The first-order chi connectivity index (χ1) is 16.6. The summed E-state index contributed by atoms with van der Waals surface area (Å²) in [6.07, 6.45) is 6.29. The summed E-state index contributed by atoms with van der Waals surface area (Å²) in [5.74, 6) is 1.98. The molecule has 0 radical (unpaired) electrons. The second-order valence-corrected chi connectivity index (χ2v) is 9.93. The van der Waals surface area contributed by atoms with Crippen LogP contribution in [0.25, 0.3) is 10.8 Å². The molecular weight excluding hydrogens is 439 g/mol. The lowest BCUT2D eigenvalue weighted by atomic mass is 9.99. The maximum Gasteiger partial charge on any atom is 0.136 e. The minimum atomic E-state index is 0.187. The number of aromatic nitrogens is 2. The second kappa shape index (κ2) is 9.70. The van der Waals surface area contributed by atoms with Crippen LogP contribution in [0.1, 0.15) is 36.0 Å². The second-order valence-electron chi connectivity index (χ2n) is 9.13. The van der Waals surface area contributed by atoms with E-state index in [1.807, 2.05) is 0 Å². The molecule has 7 heteroatoms. The van der Waals surface area contributed by atoms with E-state index in [1.54, 1.807) is 0 Å². The van der Waals surface area contributed by atoms with Crippen molar-refractivity contribution < 1.29 is 0 Å². The number of fused-ring (bicyclic) bond motifs is 2. The highest BCUT2D eigenvalue weighted by Crippen LogP contribution is 2.35. The number of nitriles is 1. The van der Waals surface area contributed by atoms with Crippen molar-refractivity contribution in [3.8, 4) is 6.07 Å². The lowest BCUT2D eigenvalue weighted by molar-refractivity contribution is 0.316. The highest BCUT2D eigenvalue weighted by atomic mass is 31.1. The van der Waals surface area contributed by atoms with Crippen LogP contribution in [0.2, 0.25) is 0 Å². The molecule has 0 saturated carbocycles. The molecule has 1 saturated heterocycles. The van der Waals surface area contributed by atoms with Gasteiger partial charge in [0, 0.05) is 55.3 Å². The van der Waals surface area contributed by atoms with Crippen LogP contribution in [0.3, 0.4) is 0 Å². The molecule has 1 fully saturated rings. The minimum absolute atomic E-state index is 0.187. The molecule has 6 nitrogen and oxygen atoms in total. The zero-order valence-corrected chi connectivity index (χ0v) is 20.9. The molecule has 2 aliphatic heterocycles. The fourth-order valence-corrected chi connectivity index (χ4v) is 5.97. The Morgan fingerprint density at radius 2 is 1.94 bits per heavy atom. The molecule has 1 aromatic heterocycles. The Bertz CT molecular complexity index is 1260. The molecule has 2 aromatic carbocycles. The molecule has 2 aliphatic rings. The monoisotopic (exact) mass is 470 g/mol. The van der Waals surface area contributed by atoms with Gasteiger partial charge in [0.1, 0.15) is 11.6 Å². The number of rotatable bonds is 5. The fourth-order valence-electron chi connectivity index (χ4n) is 5.35. The Morgan fingerprint density at radius 1 is 1.12 bits per heavy atom. The van der Waals surface area contributed by atoms with Crippen molar-refractivity contribution in [3.05, 3.63) is 59.0 Å². The summed E-state index contributed by atoms with van der Waals surface area (Å²) in [7, 11) is 0.990. The molecule has 5 rings (SSSR count). The van der Waals surface area contributed by atoms with Gasteiger partial charge in [-0.25, -0.2) is 9.97 Å². The molecule has 34 heavy (non-hydrogen) atoms. The van der Waals surface area contributed by atoms with Crippen LogP contribution in [0.15, 0.2) is 36.4 Å². The van der Waals surface area contributed by atoms with Crippen LogP contribution in [0.5, 0.6) is 0 Å². The molecular formula is C27H31N6P. The molecule has 1 atom stereocenters. The largest absolute Gasteiger partial charge is 0.365 e. The van der Waals surface area contributed by atoms with Crippen molar-refractivity contribution >= 4 is 36.9 Å². The average Bonchev–Trinajstić information content (AvgIpc) is 2.87. The number of hydrogen-bond donors (Lipinski definition) is 0. The van der Waals surface area contributed by atoms with Crippen LogP contribution in [-0.2, 0) is 19.4 Å². The van der Waals surface area contributed by atoms with Crippen molar-refractivity contribution in [2.75, 3.05) is 36.0 Å². The molecule has 0 spiro atoms. The standard InChI is InChI=1S/C27H31N6P/c1-4-25-29-23-18-31(24-10-6-9-20-8-5-7-19(2)26(20)24)14-12-22(23)27(30-25)32-15-16-33(34-3)21(17-32)11-13-28/h5-10,21H,3-4,11-12,14-18H2,1-2H3. The van der Waals surface area contributed by atoms with Crippen molar-refractivity contribution in [1.82, 2.24) is 14.6 Å². The van der Waals surface area contributed by atoms with Crippen molar-refractivity contribution in [1.29, 1.82) is 5.26 Å². The predicted molar refractivity (Wildman–Crippen MR) is 142 cm³/mol. The zero-order chi connectivity index (χ0) is 23.7. The molecule has 0 amide bonds. The van der Waals surface area contributed by atoms with Crippen LogP contribution in [0, 0.1) is 18.3 Å². The van der Waals surface area contributed by atoms with Crippen molar-refractivity contribution in [2.24, 2.45) is 0 Å². The third-order valence-electron chi connectivity index (χ3n) is 7.10. The summed E-state index contributed by atoms with van der Waals surface area (Å²) >= 11 is 0. The van der Waals surface area contributed by atoms with E-state index < -0.39 is 0 Å². The summed E-state index contributed by atoms with van der Waals surface area (Å²) < 4.78 is 2.29. The number of aryl methyl sites for hydroxylation is 2.